The molecule has 1 atom stereocenters. The molecule has 3 rings (SSSR count). The van der Waals surface area contributed by atoms with E-state index < -0.39 is 39.5 Å². The fraction of sp³-hybridized carbons (Fsp3) is 0.320. The Morgan fingerprint density at radius 3 is 2.27 bits per heavy atom. The first kappa shape index (κ1) is 31.5. The number of para-hydroxylation sites is 1. The second-order valence-corrected chi connectivity index (χ2v) is 13.2. The minimum absolute atomic E-state index is 0.0442. The van der Waals surface area contributed by atoms with Crippen LogP contribution < -0.4 is 30.2 Å². The van der Waals surface area contributed by atoms with Gasteiger partial charge in [-0.2, -0.15) is 9.98 Å². The monoisotopic (exact) mass is 612 g/mol. The fourth-order valence-electron chi connectivity index (χ4n) is 3.43. The first-order valence-electron chi connectivity index (χ1n) is 12.1. The second-order valence-electron chi connectivity index (χ2n) is 8.46. The van der Waals surface area contributed by atoms with Gasteiger partial charge in [0, 0.05) is 5.56 Å². The van der Waals surface area contributed by atoms with Crippen LogP contribution in [0.3, 0.4) is 0 Å². The molecule has 3 aromatic rings. The van der Waals surface area contributed by atoms with Crippen molar-refractivity contribution in [1.82, 2.24) is 4.72 Å². The molecule has 0 aliphatic heterocycles. The maximum atomic E-state index is 15.3. The number of aryl methyl sites for hydroxylation is 1. The summed E-state index contributed by atoms with van der Waals surface area (Å²) in [5.74, 6) is -0.501. The fourth-order valence-corrected chi connectivity index (χ4v) is 7.55. The van der Waals surface area contributed by atoms with Crippen molar-refractivity contribution in [2.45, 2.75) is 24.0 Å². The molecule has 1 heterocycles. The van der Waals surface area contributed by atoms with Gasteiger partial charge in [0.05, 0.1) is 18.1 Å². The molecule has 2 aromatic carbocycles. The second kappa shape index (κ2) is 14.0. The lowest BCUT2D eigenvalue weighted by Gasteiger charge is -2.16. The van der Waals surface area contributed by atoms with Crippen molar-refractivity contribution < 1.29 is 36.3 Å². The molecule has 0 bridgehead atoms. The van der Waals surface area contributed by atoms with Crippen molar-refractivity contribution >= 4 is 29.0 Å². The number of nitrogens with two attached hydrogens (primary N) is 2. The Hall–Kier alpha value is -3.02. The Labute approximate surface area is 236 Å². The lowest BCUT2D eigenvalue weighted by atomic mass is 10.0. The zero-order valence-electron chi connectivity index (χ0n) is 21.6. The molecule has 0 amide bonds. The van der Waals surface area contributed by atoms with E-state index in [0.717, 1.165) is 0 Å². The summed E-state index contributed by atoms with van der Waals surface area (Å²) in [6.45, 7) is 3.11. The number of nitrogens with one attached hydrogen (secondary N) is 1. The average Bonchev–Trinajstić information content (AvgIpc) is 3.26. The van der Waals surface area contributed by atoms with Crippen LogP contribution in [0.5, 0.6) is 17.2 Å². The number of nitriles is 1. The number of thiophene rings is 1. The highest BCUT2D eigenvalue weighted by Crippen LogP contribution is 2.44. The van der Waals surface area contributed by atoms with E-state index in [2.05, 4.69) is 0 Å². The summed E-state index contributed by atoms with van der Waals surface area (Å²) in [5.41, 5.74) is 11.5. The SMILES string of the molecule is Cc1cc(OCCCN)c(OCCCN)cc1-c1sc(S(=O)(=O)NCP(=O)(O)Oc2ccccc2)c(F)c1C#N. The Balaban J connectivity index is 1.94. The van der Waals surface area contributed by atoms with Gasteiger partial charge in [0.1, 0.15) is 23.7 Å². The summed E-state index contributed by atoms with van der Waals surface area (Å²) in [7, 11) is -9.13. The zero-order valence-corrected chi connectivity index (χ0v) is 24.2. The number of hydrogen-bond acceptors (Lipinski definition) is 10. The molecule has 1 unspecified atom stereocenters. The summed E-state index contributed by atoms with van der Waals surface area (Å²) in [5, 5.41) is 9.71. The lowest BCUT2D eigenvalue weighted by molar-refractivity contribution is 0.265. The Kier molecular flexibility index (Phi) is 11.1. The van der Waals surface area contributed by atoms with Crippen molar-refractivity contribution in [3.05, 3.63) is 59.4 Å². The van der Waals surface area contributed by atoms with Gasteiger partial charge in [-0.05, 0) is 62.7 Å². The van der Waals surface area contributed by atoms with E-state index in [1.54, 1.807) is 43.3 Å². The smallest absolute Gasteiger partial charge is 0.391 e. The molecular formula is C25H30FN4O7PS2. The molecule has 40 heavy (non-hydrogen) atoms. The third kappa shape index (κ3) is 8.02. The molecule has 0 radical (unpaired) electrons. The summed E-state index contributed by atoms with van der Waals surface area (Å²) in [4.78, 5) is 10.2. The Morgan fingerprint density at radius 2 is 1.70 bits per heavy atom. The topological polar surface area (TPSA) is 187 Å². The summed E-state index contributed by atoms with van der Waals surface area (Å²) in [6, 6.07) is 12.6. The van der Waals surface area contributed by atoms with E-state index in [1.807, 2.05) is 4.72 Å². The van der Waals surface area contributed by atoms with Crippen molar-refractivity contribution in [3.8, 4) is 33.8 Å². The van der Waals surface area contributed by atoms with Crippen LogP contribution in [0, 0.1) is 24.1 Å². The first-order valence-corrected chi connectivity index (χ1v) is 16.2. The predicted octanol–water partition coefficient (Wildman–Crippen LogP) is 3.69. The van der Waals surface area contributed by atoms with Crippen LogP contribution in [0.2, 0.25) is 0 Å². The standard InChI is InChI=1S/C25H30FN4O7PS2/c1-17-13-21(35-11-5-9-27)22(36-12-6-10-28)14-19(17)24-20(15-29)23(26)25(39-24)40(33,34)30-16-38(31,32)37-18-7-3-2-4-8-18/h2-4,7-8,13-14,30H,5-6,9-12,16,27-28H2,1H3,(H,31,32). The number of halogens is 1. The van der Waals surface area contributed by atoms with E-state index in [1.165, 1.54) is 12.1 Å². The van der Waals surface area contributed by atoms with Gasteiger partial charge >= 0.3 is 7.60 Å². The molecule has 6 N–H and O–H groups in total. The third-order valence-corrected chi connectivity index (χ3v) is 9.73. The van der Waals surface area contributed by atoms with E-state index in [9.17, 15) is 23.1 Å². The minimum Gasteiger partial charge on any atom is -0.490 e. The lowest BCUT2D eigenvalue weighted by Crippen LogP contribution is -2.25. The van der Waals surface area contributed by atoms with Crippen LogP contribution in [0.1, 0.15) is 24.0 Å². The number of nitrogens with zero attached hydrogens (tertiary/aromatic N) is 1. The van der Waals surface area contributed by atoms with Gasteiger partial charge in [0.15, 0.2) is 21.5 Å². The van der Waals surface area contributed by atoms with Gasteiger partial charge in [0.2, 0.25) is 0 Å². The highest BCUT2D eigenvalue weighted by Gasteiger charge is 2.32. The van der Waals surface area contributed by atoms with Crippen LogP contribution in [-0.2, 0) is 14.6 Å². The maximum Gasteiger partial charge on any atom is 0.391 e. The normalized spacial score (nSPS) is 12.9. The molecule has 216 valence electrons. The van der Waals surface area contributed by atoms with Gasteiger partial charge in [-0.25, -0.2) is 17.4 Å². The van der Waals surface area contributed by atoms with Crippen molar-refractivity contribution in [2.24, 2.45) is 11.5 Å². The maximum absolute atomic E-state index is 15.3. The van der Waals surface area contributed by atoms with Crippen LogP contribution in [0.25, 0.3) is 10.4 Å². The Bertz CT molecular complexity index is 1510. The van der Waals surface area contributed by atoms with Crippen LogP contribution in [-0.4, -0.2) is 45.9 Å². The number of sulfonamides is 1. The summed E-state index contributed by atoms with van der Waals surface area (Å²) < 4.78 is 71.4. The van der Waals surface area contributed by atoms with Gasteiger partial charge in [-0.15, -0.1) is 11.3 Å². The molecule has 0 aliphatic rings. The van der Waals surface area contributed by atoms with E-state index in [4.69, 9.17) is 25.5 Å². The largest absolute Gasteiger partial charge is 0.490 e. The number of benzene rings is 2. The van der Waals surface area contributed by atoms with Gasteiger partial charge in [-0.3, -0.25) is 0 Å². The summed E-state index contributed by atoms with van der Waals surface area (Å²) >= 11 is 0.511. The molecule has 0 aliphatic carbocycles. The molecule has 0 saturated heterocycles. The molecule has 0 spiro atoms. The van der Waals surface area contributed by atoms with Crippen molar-refractivity contribution in [2.75, 3.05) is 32.6 Å². The third-order valence-electron chi connectivity index (χ3n) is 5.37. The number of hydrogen-bond donors (Lipinski definition) is 4. The Morgan fingerprint density at radius 1 is 1.10 bits per heavy atom. The molecule has 0 saturated carbocycles. The van der Waals surface area contributed by atoms with E-state index in [-0.39, 0.29) is 17.2 Å². The van der Waals surface area contributed by atoms with Crippen LogP contribution in [0.15, 0.2) is 46.7 Å². The van der Waals surface area contributed by atoms with Gasteiger partial charge < -0.3 is 30.4 Å². The number of ether oxygens (including phenoxy) is 2. The van der Waals surface area contributed by atoms with Gasteiger partial charge in [-0.1, -0.05) is 18.2 Å². The quantitative estimate of drug-likeness (QED) is 0.146. The number of rotatable bonds is 15. The molecule has 1 aromatic heterocycles. The van der Waals surface area contributed by atoms with E-state index in [0.29, 0.717) is 66.5 Å². The van der Waals surface area contributed by atoms with Gasteiger partial charge in [0.25, 0.3) is 10.0 Å². The minimum atomic E-state index is -4.65. The predicted molar refractivity (Wildman–Crippen MR) is 150 cm³/mol. The van der Waals surface area contributed by atoms with Crippen LogP contribution in [0.4, 0.5) is 4.39 Å². The molecule has 15 heteroatoms. The molecule has 11 nitrogen and oxygen atoms in total. The van der Waals surface area contributed by atoms with Crippen molar-refractivity contribution in [3.63, 3.8) is 0 Å². The zero-order chi connectivity index (χ0) is 29.3. The highest BCUT2D eigenvalue weighted by molar-refractivity contribution is 7.92. The summed E-state index contributed by atoms with van der Waals surface area (Å²) in [6.07, 6.45) is 0.133. The molecular weight excluding hydrogens is 582 g/mol. The highest BCUT2D eigenvalue weighted by atomic mass is 32.2. The average molecular weight is 613 g/mol. The van der Waals surface area contributed by atoms with Crippen LogP contribution >= 0.6 is 18.9 Å². The first-order chi connectivity index (χ1) is 19.0. The van der Waals surface area contributed by atoms with Crippen molar-refractivity contribution in [1.29, 1.82) is 5.26 Å². The van der Waals surface area contributed by atoms with E-state index >= 15 is 4.39 Å². The molecule has 0 fully saturated rings.